The number of esters is 4. The number of rotatable bonds is 86. The fraction of sp³-hybridized carbons (Fsp3) is 0.955. The molecule has 0 aromatic rings. The van der Waals surface area contributed by atoms with Crippen molar-refractivity contribution < 1.29 is 80.2 Å². The van der Waals surface area contributed by atoms with Gasteiger partial charge in [0.05, 0.1) is 26.4 Å². The number of hydrogen-bond acceptors (Lipinski definition) is 15. The van der Waals surface area contributed by atoms with E-state index in [0.29, 0.717) is 25.7 Å². The van der Waals surface area contributed by atoms with Gasteiger partial charge in [0.25, 0.3) is 0 Å². The minimum Gasteiger partial charge on any atom is -0.462 e. The lowest BCUT2D eigenvalue weighted by molar-refractivity contribution is -0.161. The monoisotopic (exact) mass is 1560 g/mol. The van der Waals surface area contributed by atoms with Gasteiger partial charge in [-0.1, -0.05) is 414 Å². The fourth-order valence-corrected chi connectivity index (χ4v) is 15.3. The molecule has 0 fully saturated rings. The van der Waals surface area contributed by atoms with Gasteiger partial charge < -0.3 is 33.8 Å². The van der Waals surface area contributed by atoms with Crippen molar-refractivity contribution in [2.45, 2.75) is 484 Å². The van der Waals surface area contributed by atoms with E-state index in [0.717, 1.165) is 108 Å². The summed E-state index contributed by atoms with van der Waals surface area (Å²) < 4.78 is 68.9. The van der Waals surface area contributed by atoms with E-state index in [2.05, 4.69) is 48.5 Å². The Labute approximate surface area is 658 Å². The summed E-state index contributed by atoms with van der Waals surface area (Å²) >= 11 is 0. The predicted octanol–water partition coefficient (Wildman–Crippen LogP) is 26.9. The number of phosphoric acid groups is 2. The van der Waals surface area contributed by atoms with Gasteiger partial charge in [0.2, 0.25) is 0 Å². The molecule has 0 rings (SSSR count). The zero-order valence-electron chi connectivity index (χ0n) is 70.6. The van der Waals surface area contributed by atoms with E-state index >= 15 is 0 Å². The second-order valence-electron chi connectivity index (χ2n) is 33.1. The Bertz CT molecular complexity index is 2060. The maximum Gasteiger partial charge on any atom is 0.472 e. The van der Waals surface area contributed by atoms with E-state index in [4.69, 9.17) is 37.0 Å². The lowest BCUT2D eigenvalue weighted by Gasteiger charge is -2.21. The summed E-state index contributed by atoms with van der Waals surface area (Å²) in [5.74, 6) is 0.294. The summed E-state index contributed by atoms with van der Waals surface area (Å²) in [4.78, 5) is 73.3. The maximum atomic E-state index is 13.2. The molecule has 0 bridgehead atoms. The van der Waals surface area contributed by atoms with Crippen LogP contribution >= 0.6 is 15.6 Å². The number of unbranched alkanes of at least 4 members (excludes halogenated alkanes) is 54. The number of hydrogen-bond donors (Lipinski definition) is 3. The average Bonchev–Trinajstić information content (AvgIpc) is 0.905. The summed E-state index contributed by atoms with van der Waals surface area (Å²) in [6, 6.07) is 0. The Kier molecular flexibility index (Phi) is 76.6. The van der Waals surface area contributed by atoms with Gasteiger partial charge in [-0.05, 0) is 43.4 Å². The molecule has 0 aromatic heterocycles. The predicted molar refractivity (Wildman–Crippen MR) is 441 cm³/mol. The molecule has 0 saturated carbocycles. The first-order chi connectivity index (χ1) is 51.7. The second kappa shape index (κ2) is 78.0. The zero-order valence-corrected chi connectivity index (χ0v) is 72.4. The first kappa shape index (κ1) is 105. The summed E-state index contributed by atoms with van der Waals surface area (Å²) in [5, 5.41) is 10.7. The molecule has 0 saturated heterocycles. The van der Waals surface area contributed by atoms with Gasteiger partial charge in [-0.25, -0.2) is 9.13 Å². The van der Waals surface area contributed by atoms with Gasteiger partial charge in [0, 0.05) is 25.7 Å². The van der Waals surface area contributed by atoms with E-state index in [9.17, 15) is 43.2 Å². The maximum absolute atomic E-state index is 13.2. The van der Waals surface area contributed by atoms with Crippen LogP contribution in [-0.4, -0.2) is 96.7 Å². The van der Waals surface area contributed by atoms with E-state index in [1.807, 2.05) is 0 Å². The second-order valence-corrected chi connectivity index (χ2v) is 36.0. The number of aliphatic hydroxyl groups is 1. The first-order valence-electron chi connectivity index (χ1n) is 45.3. The van der Waals surface area contributed by atoms with Crippen LogP contribution in [0.25, 0.3) is 0 Å². The number of phosphoric ester groups is 2. The lowest BCUT2D eigenvalue weighted by Crippen LogP contribution is -2.30. The SMILES string of the molecule is CCCCCCCCCCCCCCC(=O)OC[C@H](COP(=O)(O)OC[C@H](O)COP(=O)(O)OC[C@@H](COC(=O)CCCCCCCCCCCCCCCCCCCCC(C)C)OC(=O)CCCCCCCCCCCCCCCCCCCCC(C)C)OC(=O)CCCCCCCCCCCCC(C)C. The molecule has 636 valence electrons. The average molecular weight is 1560 g/mol. The van der Waals surface area contributed by atoms with Crippen LogP contribution in [0, 0.1) is 17.8 Å². The van der Waals surface area contributed by atoms with Gasteiger partial charge in [-0.2, -0.15) is 0 Å². The Morgan fingerprint density at radius 1 is 0.252 bits per heavy atom. The molecule has 2 unspecified atom stereocenters. The van der Waals surface area contributed by atoms with Crippen molar-refractivity contribution >= 4 is 39.5 Å². The van der Waals surface area contributed by atoms with Crippen LogP contribution in [0.1, 0.15) is 466 Å². The zero-order chi connectivity index (χ0) is 78.6. The van der Waals surface area contributed by atoms with E-state index in [1.165, 1.54) is 276 Å². The van der Waals surface area contributed by atoms with E-state index in [-0.39, 0.29) is 25.7 Å². The van der Waals surface area contributed by atoms with Crippen LogP contribution in [0.15, 0.2) is 0 Å². The molecule has 17 nitrogen and oxygen atoms in total. The lowest BCUT2D eigenvalue weighted by atomic mass is 10.0. The molecule has 5 atom stereocenters. The van der Waals surface area contributed by atoms with Crippen LogP contribution in [0.4, 0.5) is 0 Å². The van der Waals surface area contributed by atoms with Crippen LogP contribution in [0.2, 0.25) is 0 Å². The molecular weight excluding hydrogens is 1390 g/mol. The number of carbonyl (C=O) groups is 4. The molecule has 0 spiro atoms. The molecule has 107 heavy (non-hydrogen) atoms. The Morgan fingerprint density at radius 3 is 0.636 bits per heavy atom. The van der Waals surface area contributed by atoms with Crippen LogP contribution in [0.3, 0.4) is 0 Å². The minimum atomic E-state index is -4.97. The van der Waals surface area contributed by atoms with Crippen molar-refractivity contribution in [1.82, 2.24) is 0 Å². The summed E-state index contributed by atoms with van der Waals surface area (Å²) in [6.07, 6.45) is 69.5. The van der Waals surface area contributed by atoms with Crippen molar-refractivity contribution in [2.75, 3.05) is 39.6 Å². The molecule has 0 aliphatic heterocycles. The van der Waals surface area contributed by atoms with Crippen molar-refractivity contribution in [2.24, 2.45) is 17.8 Å². The third kappa shape index (κ3) is 81.9. The highest BCUT2D eigenvalue weighted by Crippen LogP contribution is 2.45. The van der Waals surface area contributed by atoms with Crippen molar-refractivity contribution in [3.63, 3.8) is 0 Å². The summed E-state index contributed by atoms with van der Waals surface area (Å²) in [7, 11) is -9.93. The number of ether oxygens (including phenoxy) is 4. The molecule has 0 aromatic carbocycles. The third-order valence-electron chi connectivity index (χ3n) is 20.6. The molecule has 0 aliphatic carbocycles. The van der Waals surface area contributed by atoms with Gasteiger partial charge in [0.1, 0.15) is 19.3 Å². The number of carbonyl (C=O) groups excluding carboxylic acids is 4. The van der Waals surface area contributed by atoms with Gasteiger partial charge in [0.15, 0.2) is 12.2 Å². The standard InChI is InChI=1S/C88H172O17P2/c1-8-9-10-11-12-13-14-33-41-48-55-62-69-85(90)98-76-84(105-88(93)72-65-58-51-44-37-36-40-47-54-61-68-81(6)7)78-103-107(96,97)101-74-82(89)73-100-106(94,95)102-77-83(104-87(92)71-64-57-50-43-35-30-26-22-18-16-20-24-28-32-39-46-53-60-67-80(4)5)75-99-86(91)70-63-56-49-42-34-29-25-21-17-15-19-23-27-31-38-45-52-59-66-79(2)3/h79-84,89H,8-78H2,1-7H3,(H,94,95)(H,96,97)/t82-,83-,84-/m1/s1. The smallest absolute Gasteiger partial charge is 0.462 e. The van der Waals surface area contributed by atoms with Crippen molar-refractivity contribution in [3.8, 4) is 0 Å². The molecule has 19 heteroatoms. The molecule has 0 amide bonds. The quantitative estimate of drug-likeness (QED) is 0.0222. The van der Waals surface area contributed by atoms with Crippen molar-refractivity contribution in [1.29, 1.82) is 0 Å². The Balaban J connectivity index is 5.23. The van der Waals surface area contributed by atoms with E-state index in [1.54, 1.807) is 0 Å². The van der Waals surface area contributed by atoms with E-state index < -0.39 is 97.5 Å². The molecule has 0 aliphatic rings. The minimum absolute atomic E-state index is 0.106. The highest BCUT2D eigenvalue weighted by Gasteiger charge is 2.31. The molecule has 0 heterocycles. The highest BCUT2D eigenvalue weighted by atomic mass is 31.2. The van der Waals surface area contributed by atoms with Crippen LogP contribution in [-0.2, 0) is 65.4 Å². The number of aliphatic hydroxyl groups excluding tert-OH is 1. The Hall–Kier alpha value is -1.94. The summed E-state index contributed by atoms with van der Waals surface area (Å²) in [5.41, 5.74) is 0. The first-order valence-corrected chi connectivity index (χ1v) is 48.3. The normalized spacial score (nSPS) is 13.8. The largest absolute Gasteiger partial charge is 0.472 e. The highest BCUT2D eigenvalue weighted by molar-refractivity contribution is 7.47. The van der Waals surface area contributed by atoms with Crippen molar-refractivity contribution in [3.05, 3.63) is 0 Å². The van der Waals surface area contributed by atoms with Crippen LogP contribution in [0.5, 0.6) is 0 Å². The molecular formula is C88H172O17P2. The summed E-state index contributed by atoms with van der Waals surface area (Å²) in [6.45, 7) is 12.1. The van der Waals surface area contributed by atoms with Gasteiger partial charge in [-0.3, -0.25) is 37.3 Å². The molecule has 3 N–H and O–H groups in total. The topological polar surface area (TPSA) is 237 Å². The Morgan fingerprint density at radius 2 is 0.430 bits per heavy atom. The van der Waals surface area contributed by atoms with Gasteiger partial charge in [-0.15, -0.1) is 0 Å². The third-order valence-corrected chi connectivity index (χ3v) is 22.5. The molecule has 0 radical (unpaired) electrons. The fourth-order valence-electron chi connectivity index (χ4n) is 13.7. The van der Waals surface area contributed by atoms with Gasteiger partial charge >= 0.3 is 39.5 Å². The van der Waals surface area contributed by atoms with Crippen LogP contribution < -0.4 is 0 Å².